The van der Waals surface area contributed by atoms with Gasteiger partial charge in [0.05, 0.1) is 5.75 Å². The summed E-state index contributed by atoms with van der Waals surface area (Å²) in [5.74, 6) is -0.782. The highest BCUT2D eigenvalue weighted by Crippen LogP contribution is 2.23. The minimum Gasteiger partial charge on any atom is -0.452 e. The maximum atomic E-state index is 12.2. The molecule has 0 radical (unpaired) electrons. The number of hydrogen-bond donors (Lipinski definition) is 1. The Morgan fingerprint density at radius 3 is 2.33 bits per heavy atom. The summed E-state index contributed by atoms with van der Waals surface area (Å²) in [7, 11) is 0. The maximum absolute atomic E-state index is 12.2. The van der Waals surface area contributed by atoms with Gasteiger partial charge in [0.15, 0.2) is 11.9 Å². The highest BCUT2D eigenvalue weighted by molar-refractivity contribution is 8.00. The van der Waals surface area contributed by atoms with Gasteiger partial charge in [-0.2, -0.15) is 0 Å². The molecule has 5 nitrogen and oxygen atoms in total. The van der Waals surface area contributed by atoms with E-state index in [1.165, 1.54) is 31.2 Å². The number of rotatable bonds is 7. The lowest BCUT2D eigenvalue weighted by atomic mass is 10.1. The van der Waals surface area contributed by atoms with Crippen LogP contribution in [0.5, 0.6) is 0 Å². The minimum absolute atomic E-state index is 0.0449. The highest BCUT2D eigenvalue weighted by atomic mass is 32.2. The van der Waals surface area contributed by atoms with E-state index in [2.05, 4.69) is 11.4 Å². The van der Waals surface area contributed by atoms with Crippen molar-refractivity contribution in [2.24, 2.45) is 0 Å². The number of ketones is 1. The Kier molecular flexibility index (Phi) is 7.19. The van der Waals surface area contributed by atoms with Crippen LogP contribution in [0.4, 0.5) is 5.69 Å². The van der Waals surface area contributed by atoms with E-state index < -0.39 is 18.0 Å². The molecule has 0 aliphatic rings. The molecule has 0 spiro atoms. The molecule has 0 heterocycles. The summed E-state index contributed by atoms with van der Waals surface area (Å²) in [6.07, 6.45) is -0.912. The summed E-state index contributed by atoms with van der Waals surface area (Å²) in [5.41, 5.74) is 3.38. The predicted octanol–water partition coefficient (Wildman–Crippen LogP) is 4.17. The van der Waals surface area contributed by atoms with Crippen molar-refractivity contribution in [3.63, 3.8) is 0 Å². The van der Waals surface area contributed by atoms with Crippen LogP contribution in [-0.4, -0.2) is 29.5 Å². The van der Waals surface area contributed by atoms with Gasteiger partial charge in [-0.05, 0) is 63.6 Å². The van der Waals surface area contributed by atoms with Crippen molar-refractivity contribution in [1.29, 1.82) is 0 Å². The fourth-order valence-corrected chi connectivity index (χ4v) is 3.21. The number of amides is 1. The average Bonchev–Trinajstić information content (AvgIpc) is 2.61. The number of carbonyl (C=O) groups is 3. The first-order valence-electron chi connectivity index (χ1n) is 8.57. The molecule has 142 valence electrons. The van der Waals surface area contributed by atoms with Gasteiger partial charge in [0.25, 0.3) is 5.91 Å². The van der Waals surface area contributed by atoms with E-state index in [0.717, 1.165) is 10.5 Å². The molecule has 1 N–H and O–H groups in total. The molecule has 0 fully saturated rings. The van der Waals surface area contributed by atoms with E-state index in [1.54, 1.807) is 24.3 Å². The highest BCUT2D eigenvalue weighted by Gasteiger charge is 2.18. The predicted molar refractivity (Wildman–Crippen MR) is 107 cm³/mol. The summed E-state index contributed by atoms with van der Waals surface area (Å²) in [4.78, 5) is 36.5. The van der Waals surface area contributed by atoms with Gasteiger partial charge >= 0.3 is 5.97 Å². The third-order valence-electron chi connectivity index (χ3n) is 3.91. The number of thioether (sulfide) groups is 1. The quantitative estimate of drug-likeness (QED) is 0.440. The molecule has 27 heavy (non-hydrogen) atoms. The second-order valence-corrected chi connectivity index (χ2v) is 7.33. The third-order valence-corrected chi connectivity index (χ3v) is 5.06. The minimum atomic E-state index is -0.912. The molecule has 1 amide bonds. The first-order chi connectivity index (χ1) is 12.8. The van der Waals surface area contributed by atoms with Crippen LogP contribution >= 0.6 is 11.8 Å². The largest absolute Gasteiger partial charge is 0.452 e. The number of esters is 1. The molecule has 0 unspecified atom stereocenters. The van der Waals surface area contributed by atoms with Gasteiger partial charge in [-0.1, -0.05) is 17.7 Å². The van der Waals surface area contributed by atoms with Crippen molar-refractivity contribution in [3.8, 4) is 0 Å². The second kappa shape index (κ2) is 9.37. The van der Waals surface area contributed by atoms with Crippen LogP contribution < -0.4 is 5.32 Å². The molecule has 0 aromatic heterocycles. The number of hydrogen-bond acceptors (Lipinski definition) is 5. The van der Waals surface area contributed by atoms with E-state index in [-0.39, 0.29) is 11.5 Å². The average molecular weight is 385 g/mol. The molecule has 0 saturated heterocycles. The monoisotopic (exact) mass is 385 g/mol. The smallest absolute Gasteiger partial charge is 0.317 e. The van der Waals surface area contributed by atoms with Crippen molar-refractivity contribution in [1.82, 2.24) is 0 Å². The Morgan fingerprint density at radius 2 is 1.74 bits per heavy atom. The third kappa shape index (κ3) is 6.25. The number of ether oxygens (including phenoxy) is 1. The molecular formula is C21H23NO4S. The van der Waals surface area contributed by atoms with Gasteiger partial charge in [-0.15, -0.1) is 11.8 Å². The zero-order valence-electron chi connectivity index (χ0n) is 15.9. The van der Waals surface area contributed by atoms with E-state index >= 15 is 0 Å². The van der Waals surface area contributed by atoms with E-state index in [1.807, 2.05) is 26.0 Å². The lowest BCUT2D eigenvalue weighted by Crippen LogP contribution is -2.30. The number of Topliss-reactive ketones (excluding diaryl/α,β-unsaturated/α-hetero) is 1. The van der Waals surface area contributed by atoms with Gasteiger partial charge < -0.3 is 10.1 Å². The SMILES string of the molecule is CC(=O)c1ccc(NC(=O)[C@H](C)OC(=O)CSc2ccc(C)cc2C)cc1. The summed E-state index contributed by atoms with van der Waals surface area (Å²) >= 11 is 1.39. The van der Waals surface area contributed by atoms with Crippen LogP contribution in [0, 0.1) is 13.8 Å². The molecule has 0 saturated carbocycles. The van der Waals surface area contributed by atoms with Crippen LogP contribution in [0.2, 0.25) is 0 Å². The summed E-state index contributed by atoms with van der Waals surface area (Å²) in [6, 6.07) is 12.6. The molecule has 2 aromatic carbocycles. The van der Waals surface area contributed by atoms with E-state index in [4.69, 9.17) is 4.74 Å². The van der Waals surface area contributed by atoms with Crippen LogP contribution in [0.25, 0.3) is 0 Å². The van der Waals surface area contributed by atoms with Crippen molar-refractivity contribution >= 4 is 35.1 Å². The topological polar surface area (TPSA) is 72.5 Å². The molecular weight excluding hydrogens is 362 g/mol. The molecule has 1 atom stereocenters. The first kappa shape index (κ1) is 20.7. The number of benzene rings is 2. The van der Waals surface area contributed by atoms with Gasteiger partial charge in [-0.25, -0.2) is 0 Å². The van der Waals surface area contributed by atoms with Crippen LogP contribution in [0.3, 0.4) is 0 Å². The Balaban J connectivity index is 1.84. The molecule has 2 aromatic rings. The maximum Gasteiger partial charge on any atom is 0.317 e. The Bertz CT molecular complexity index is 846. The Labute approximate surface area is 163 Å². The Hall–Kier alpha value is -2.60. The molecule has 6 heteroatoms. The van der Waals surface area contributed by atoms with Gasteiger partial charge in [0.2, 0.25) is 0 Å². The first-order valence-corrected chi connectivity index (χ1v) is 9.56. The van der Waals surface area contributed by atoms with Crippen molar-refractivity contribution in [2.75, 3.05) is 11.1 Å². The molecule has 0 aliphatic carbocycles. The van der Waals surface area contributed by atoms with Crippen LogP contribution in [0.15, 0.2) is 47.4 Å². The second-order valence-electron chi connectivity index (χ2n) is 6.31. The Morgan fingerprint density at radius 1 is 1.07 bits per heavy atom. The van der Waals surface area contributed by atoms with Crippen molar-refractivity contribution in [2.45, 2.75) is 38.7 Å². The lowest BCUT2D eigenvalue weighted by molar-refractivity contribution is -0.150. The van der Waals surface area contributed by atoms with Gasteiger partial charge in [-0.3, -0.25) is 14.4 Å². The van der Waals surface area contributed by atoms with Crippen molar-refractivity contribution < 1.29 is 19.1 Å². The zero-order chi connectivity index (χ0) is 20.0. The normalized spacial score (nSPS) is 11.6. The number of anilines is 1. The molecule has 2 rings (SSSR count). The number of carbonyl (C=O) groups excluding carboxylic acids is 3. The zero-order valence-corrected chi connectivity index (χ0v) is 16.7. The summed E-state index contributed by atoms with van der Waals surface area (Å²) < 4.78 is 5.21. The van der Waals surface area contributed by atoms with Gasteiger partial charge in [0.1, 0.15) is 0 Å². The van der Waals surface area contributed by atoms with E-state index in [9.17, 15) is 14.4 Å². The summed E-state index contributed by atoms with van der Waals surface area (Å²) in [6.45, 7) is 7.02. The van der Waals surface area contributed by atoms with Gasteiger partial charge in [0, 0.05) is 16.1 Å². The fraction of sp³-hybridized carbons (Fsp3) is 0.286. The van der Waals surface area contributed by atoms with Crippen LogP contribution in [-0.2, 0) is 14.3 Å². The molecule has 0 bridgehead atoms. The standard InChI is InChI=1S/C21H23NO4S/c1-13-5-10-19(14(2)11-13)27-12-20(24)26-16(4)21(25)22-18-8-6-17(7-9-18)15(3)23/h5-11,16H,12H2,1-4H3,(H,22,25)/t16-/m0/s1. The van der Waals surface area contributed by atoms with E-state index in [0.29, 0.717) is 11.3 Å². The van der Waals surface area contributed by atoms with Crippen LogP contribution in [0.1, 0.15) is 35.3 Å². The molecule has 0 aliphatic heterocycles. The fourth-order valence-electron chi connectivity index (χ4n) is 2.41. The lowest BCUT2D eigenvalue weighted by Gasteiger charge is -2.14. The number of aryl methyl sites for hydroxylation is 2. The van der Waals surface area contributed by atoms with Crippen molar-refractivity contribution in [3.05, 3.63) is 59.2 Å². The summed E-state index contributed by atoms with van der Waals surface area (Å²) in [5, 5.41) is 2.67. The number of nitrogens with one attached hydrogen (secondary N) is 1.